The maximum atomic E-state index is 12.9. The molecule has 0 unspecified atom stereocenters. The molecule has 1 heterocycles. The Hall–Kier alpha value is -1.87. The van der Waals surface area contributed by atoms with E-state index in [0.29, 0.717) is 0 Å². The fourth-order valence-electron chi connectivity index (χ4n) is 2.58. The number of carbonyl (C=O) groups is 3. The highest BCUT2D eigenvalue weighted by molar-refractivity contribution is 5.90. The van der Waals surface area contributed by atoms with Gasteiger partial charge in [-0.05, 0) is 26.2 Å². The van der Waals surface area contributed by atoms with Crippen molar-refractivity contribution in [2.24, 2.45) is 11.1 Å². The molecule has 0 aliphatic carbocycles. The number of aliphatic hydroxyl groups excluding tert-OH is 1. The molecule has 0 aromatic rings. The molecule has 1 aliphatic heterocycles. The highest BCUT2D eigenvalue weighted by atomic mass is 16.6. The third kappa shape index (κ3) is 6.17. The standard InChI is InChI=1S/C16H30N4O5/c1-15(2,3)11(18-19-14(24)25-16(4,5)6)13(23)20-8-9(21)7-10(20)12(17)22/h9-11,18,21H,7-8H2,1-6H3,(H2,17,22)(H,19,24)/t9-,10+,11-/m1/s1. The van der Waals surface area contributed by atoms with Gasteiger partial charge < -0.3 is 20.5 Å². The van der Waals surface area contributed by atoms with Gasteiger partial charge in [0.15, 0.2) is 0 Å². The lowest BCUT2D eigenvalue weighted by atomic mass is 9.86. The largest absolute Gasteiger partial charge is 0.443 e. The minimum Gasteiger partial charge on any atom is -0.443 e. The van der Waals surface area contributed by atoms with Crippen LogP contribution in [0.2, 0.25) is 0 Å². The van der Waals surface area contributed by atoms with Crippen LogP contribution in [0, 0.1) is 5.41 Å². The van der Waals surface area contributed by atoms with E-state index in [2.05, 4.69) is 10.9 Å². The molecule has 0 bridgehead atoms. The highest BCUT2D eigenvalue weighted by Gasteiger charge is 2.43. The predicted octanol–water partition coefficient (Wildman–Crippen LogP) is -0.122. The van der Waals surface area contributed by atoms with Crippen molar-refractivity contribution < 1.29 is 24.2 Å². The molecule has 5 N–H and O–H groups in total. The number of amides is 3. The second kappa shape index (κ2) is 7.57. The van der Waals surface area contributed by atoms with Crippen LogP contribution in [-0.2, 0) is 14.3 Å². The number of primary amides is 1. The molecule has 0 spiro atoms. The zero-order valence-electron chi connectivity index (χ0n) is 15.8. The second-order valence-corrected chi connectivity index (χ2v) is 8.37. The van der Waals surface area contributed by atoms with Crippen LogP contribution in [0.25, 0.3) is 0 Å². The number of ether oxygens (including phenoxy) is 1. The first kappa shape index (κ1) is 21.2. The van der Waals surface area contributed by atoms with Gasteiger partial charge in [-0.2, -0.15) is 0 Å². The van der Waals surface area contributed by atoms with Crippen LogP contribution < -0.4 is 16.6 Å². The van der Waals surface area contributed by atoms with E-state index >= 15 is 0 Å². The molecule has 1 saturated heterocycles. The third-order valence-corrected chi connectivity index (χ3v) is 3.72. The van der Waals surface area contributed by atoms with Gasteiger partial charge in [0.25, 0.3) is 0 Å². The van der Waals surface area contributed by atoms with E-state index < -0.39 is 47.1 Å². The molecule has 9 nitrogen and oxygen atoms in total. The van der Waals surface area contributed by atoms with Crippen LogP contribution in [0.1, 0.15) is 48.0 Å². The van der Waals surface area contributed by atoms with Crippen molar-refractivity contribution in [3.63, 3.8) is 0 Å². The topological polar surface area (TPSA) is 134 Å². The van der Waals surface area contributed by atoms with Crippen molar-refractivity contribution in [1.29, 1.82) is 0 Å². The molecule has 1 rings (SSSR count). The molecule has 0 saturated carbocycles. The monoisotopic (exact) mass is 358 g/mol. The van der Waals surface area contributed by atoms with Crippen molar-refractivity contribution in [3.8, 4) is 0 Å². The summed E-state index contributed by atoms with van der Waals surface area (Å²) in [6, 6.07) is -1.71. The summed E-state index contributed by atoms with van der Waals surface area (Å²) in [4.78, 5) is 37.5. The average molecular weight is 358 g/mol. The lowest BCUT2D eigenvalue weighted by Gasteiger charge is -2.35. The number of hydrogen-bond acceptors (Lipinski definition) is 6. The molecule has 25 heavy (non-hydrogen) atoms. The van der Waals surface area contributed by atoms with E-state index in [1.54, 1.807) is 20.8 Å². The number of nitrogens with zero attached hydrogens (tertiary/aromatic N) is 1. The Balaban J connectivity index is 2.87. The first-order chi connectivity index (χ1) is 11.2. The SMILES string of the molecule is CC(C)(C)OC(=O)NN[C@H](C(=O)N1C[C@H](O)C[C@H]1C(N)=O)C(C)(C)C. The number of nitrogens with one attached hydrogen (secondary N) is 2. The van der Waals surface area contributed by atoms with Crippen LogP contribution in [0.15, 0.2) is 0 Å². The molecular formula is C16H30N4O5. The van der Waals surface area contributed by atoms with Crippen LogP contribution in [0.5, 0.6) is 0 Å². The Kier molecular flexibility index (Phi) is 6.41. The first-order valence-corrected chi connectivity index (χ1v) is 8.24. The average Bonchev–Trinajstić information content (AvgIpc) is 2.77. The normalized spacial score (nSPS) is 22.4. The number of hydrogen-bond donors (Lipinski definition) is 4. The maximum absolute atomic E-state index is 12.9. The number of hydrazine groups is 1. The van der Waals surface area contributed by atoms with Crippen LogP contribution >= 0.6 is 0 Å². The van der Waals surface area contributed by atoms with Crippen LogP contribution in [-0.4, -0.2) is 58.2 Å². The number of rotatable bonds is 4. The number of carbonyl (C=O) groups excluding carboxylic acids is 3. The van der Waals surface area contributed by atoms with Crippen LogP contribution in [0.4, 0.5) is 4.79 Å². The van der Waals surface area contributed by atoms with Gasteiger partial charge in [-0.3, -0.25) is 15.0 Å². The lowest BCUT2D eigenvalue weighted by molar-refractivity contribution is -0.141. The van der Waals surface area contributed by atoms with Gasteiger partial charge in [0.1, 0.15) is 17.7 Å². The fraction of sp³-hybridized carbons (Fsp3) is 0.812. The third-order valence-electron chi connectivity index (χ3n) is 3.72. The van der Waals surface area contributed by atoms with Gasteiger partial charge in [-0.15, -0.1) is 0 Å². The first-order valence-electron chi connectivity index (χ1n) is 8.24. The summed E-state index contributed by atoms with van der Waals surface area (Å²) in [5.41, 5.74) is 9.13. The zero-order chi connectivity index (χ0) is 19.6. The minimum atomic E-state index is -0.865. The second-order valence-electron chi connectivity index (χ2n) is 8.37. The number of likely N-dealkylation sites (tertiary alicyclic amines) is 1. The summed E-state index contributed by atoms with van der Waals surface area (Å²) < 4.78 is 5.13. The fourth-order valence-corrected chi connectivity index (χ4v) is 2.58. The Bertz CT molecular complexity index is 524. The van der Waals surface area contributed by atoms with Gasteiger partial charge in [-0.25, -0.2) is 10.2 Å². The van der Waals surface area contributed by atoms with Gasteiger partial charge in [-0.1, -0.05) is 20.8 Å². The summed E-state index contributed by atoms with van der Waals surface area (Å²) in [6.45, 7) is 10.6. The highest BCUT2D eigenvalue weighted by Crippen LogP contribution is 2.25. The van der Waals surface area contributed by atoms with Gasteiger partial charge in [0.2, 0.25) is 11.8 Å². The van der Waals surface area contributed by atoms with Crippen molar-refractivity contribution >= 4 is 17.9 Å². The Morgan fingerprint density at radius 2 is 1.76 bits per heavy atom. The van der Waals surface area contributed by atoms with Crippen molar-refractivity contribution in [1.82, 2.24) is 15.8 Å². The van der Waals surface area contributed by atoms with E-state index in [0.717, 1.165) is 0 Å². The molecular weight excluding hydrogens is 328 g/mol. The van der Waals surface area contributed by atoms with Crippen molar-refractivity contribution in [2.75, 3.05) is 6.54 Å². The van der Waals surface area contributed by atoms with E-state index in [1.807, 2.05) is 20.8 Å². The van der Waals surface area contributed by atoms with E-state index in [1.165, 1.54) is 4.90 Å². The zero-order valence-corrected chi connectivity index (χ0v) is 15.8. The summed E-state index contributed by atoms with van der Waals surface area (Å²) >= 11 is 0. The quantitative estimate of drug-likeness (QED) is 0.518. The van der Waals surface area contributed by atoms with Gasteiger partial charge in [0.05, 0.1) is 6.10 Å². The summed E-state index contributed by atoms with van der Waals surface area (Å²) in [5.74, 6) is -1.10. The molecule has 144 valence electrons. The van der Waals surface area contributed by atoms with E-state index in [9.17, 15) is 19.5 Å². The molecule has 9 heteroatoms. The Morgan fingerprint density at radius 3 is 2.20 bits per heavy atom. The summed E-state index contributed by atoms with van der Waals surface area (Å²) in [7, 11) is 0. The Labute approximate surface area is 148 Å². The molecule has 3 atom stereocenters. The molecule has 0 aromatic heterocycles. The number of β-amino-alcohol motifs (C(OH)–C–C–N with tert-alkyl or cyclic N) is 1. The molecule has 0 radical (unpaired) electrons. The van der Waals surface area contributed by atoms with Gasteiger partial charge in [0, 0.05) is 13.0 Å². The molecule has 3 amide bonds. The van der Waals surface area contributed by atoms with E-state index in [-0.39, 0.29) is 13.0 Å². The maximum Gasteiger partial charge on any atom is 0.422 e. The van der Waals surface area contributed by atoms with Crippen molar-refractivity contribution in [3.05, 3.63) is 0 Å². The van der Waals surface area contributed by atoms with E-state index in [4.69, 9.17) is 10.5 Å². The number of aliphatic hydroxyl groups is 1. The number of nitrogens with two attached hydrogens (primary N) is 1. The summed E-state index contributed by atoms with van der Waals surface area (Å²) in [5, 5.41) is 9.79. The minimum absolute atomic E-state index is 0.0210. The van der Waals surface area contributed by atoms with Gasteiger partial charge >= 0.3 is 6.09 Å². The summed E-state index contributed by atoms with van der Waals surface area (Å²) in [6.07, 6.45) is -1.42. The predicted molar refractivity (Wildman–Crippen MR) is 91.1 cm³/mol. The smallest absolute Gasteiger partial charge is 0.422 e. The lowest BCUT2D eigenvalue weighted by Crippen LogP contribution is -2.60. The van der Waals surface area contributed by atoms with Crippen LogP contribution in [0.3, 0.4) is 0 Å². The Morgan fingerprint density at radius 1 is 1.20 bits per heavy atom. The molecule has 1 aliphatic rings. The van der Waals surface area contributed by atoms with Crippen molar-refractivity contribution in [2.45, 2.75) is 71.8 Å². The molecule has 0 aromatic carbocycles. The molecule has 1 fully saturated rings.